The summed E-state index contributed by atoms with van der Waals surface area (Å²) >= 11 is 0. The first-order valence-electron chi connectivity index (χ1n) is 7.68. The van der Waals surface area contributed by atoms with Crippen molar-refractivity contribution in [2.75, 3.05) is 0 Å². The Hall–Kier alpha value is -3.07. The van der Waals surface area contributed by atoms with Crippen molar-refractivity contribution in [2.24, 2.45) is 0 Å². The zero-order chi connectivity index (χ0) is 18.3. The van der Waals surface area contributed by atoms with E-state index in [1.807, 2.05) is 6.07 Å². The second kappa shape index (κ2) is 7.89. The lowest BCUT2D eigenvalue weighted by atomic mass is 10.0. The molecule has 0 bridgehead atoms. The van der Waals surface area contributed by atoms with Crippen LogP contribution in [0, 0.1) is 0 Å². The zero-order valence-corrected chi connectivity index (χ0v) is 15.2. The third-order valence-corrected chi connectivity index (χ3v) is 4.71. The molecule has 0 spiro atoms. The SMILES string of the molecule is O.O.O=C(c1ccccc1)c1ccc2nc(-c3ccc(P(=O)(O)O)o3)[nH]c2c1. The van der Waals surface area contributed by atoms with Crippen LogP contribution in [0.4, 0.5) is 0 Å². The number of furan rings is 1. The van der Waals surface area contributed by atoms with Crippen LogP contribution in [0.1, 0.15) is 15.9 Å². The topological polar surface area (TPSA) is 179 Å². The van der Waals surface area contributed by atoms with Gasteiger partial charge in [0.1, 0.15) is 0 Å². The largest absolute Gasteiger partial charge is 0.445 e. The van der Waals surface area contributed by atoms with E-state index in [0.29, 0.717) is 28.0 Å². The van der Waals surface area contributed by atoms with E-state index in [2.05, 4.69) is 9.97 Å². The number of carbonyl (C=O) groups is 1. The Kier molecular flexibility index (Phi) is 5.98. The average Bonchev–Trinajstić information content (AvgIpc) is 3.27. The highest BCUT2D eigenvalue weighted by Crippen LogP contribution is 2.35. The molecular formula is C18H17N2O7P. The van der Waals surface area contributed by atoms with E-state index in [1.165, 1.54) is 12.1 Å². The monoisotopic (exact) mass is 404 g/mol. The number of aromatic amines is 1. The van der Waals surface area contributed by atoms with E-state index in [0.717, 1.165) is 0 Å². The van der Waals surface area contributed by atoms with Crippen molar-refractivity contribution in [3.63, 3.8) is 0 Å². The Morgan fingerprint density at radius 3 is 2.32 bits per heavy atom. The van der Waals surface area contributed by atoms with E-state index in [9.17, 15) is 9.36 Å². The van der Waals surface area contributed by atoms with Gasteiger partial charge in [-0.05, 0) is 30.3 Å². The number of carbonyl (C=O) groups excluding carboxylic acids is 1. The highest BCUT2D eigenvalue weighted by molar-refractivity contribution is 7.59. The third-order valence-electron chi connectivity index (χ3n) is 3.89. The summed E-state index contributed by atoms with van der Waals surface area (Å²) in [7, 11) is -4.46. The Bertz CT molecular complexity index is 1160. The Labute approximate surface area is 158 Å². The molecule has 2 heterocycles. The predicted molar refractivity (Wildman–Crippen MR) is 103 cm³/mol. The van der Waals surface area contributed by atoms with Crippen LogP contribution in [-0.2, 0) is 4.57 Å². The van der Waals surface area contributed by atoms with Crippen LogP contribution < -0.4 is 5.50 Å². The molecule has 4 rings (SSSR count). The molecule has 0 aliphatic carbocycles. The van der Waals surface area contributed by atoms with E-state index >= 15 is 0 Å². The van der Waals surface area contributed by atoms with Crippen molar-refractivity contribution in [2.45, 2.75) is 0 Å². The number of H-pyrrole nitrogens is 1. The summed E-state index contributed by atoms with van der Waals surface area (Å²) in [4.78, 5) is 38.2. The molecule has 0 fully saturated rings. The van der Waals surface area contributed by atoms with E-state index in [-0.39, 0.29) is 22.5 Å². The third kappa shape index (κ3) is 3.94. The van der Waals surface area contributed by atoms with Gasteiger partial charge in [0.25, 0.3) is 0 Å². The number of rotatable bonds is 4. The molecule has 0 atom stereocenters. The Balaban J connectivity index is 0.00000140. The summed E-state index contributed by atoms with van der Waals surface area (Å²) < 4.78 is 16.4. The maximum atomic E-state index is 12.5. The second-order valence-electron chi connectivity index (χ2n) is 5.69. The number of fused-ring (bicyclic) bond motifs is 1. The molecule has 0 saturated carbocycles. The Morgan fingerprint density at radius 2 is 1.68 bits per heavy atom. The first-order valence-corrected chi connectivity index (χ1v) is 9.29. The minimum Gasteiger partial charge on any atom is -0.445 e. The van der Waals surface area contributed by atoms with Gasteiger partial charge in [0.05, 0.1) is 11.0 Å². The van der Waals surface area contributed by atoms with Crippen LogP contribution in [0.5, 0.6) is 0 Å². The smallest absolute Gasteiger partial charge is 0.391 e. The van der Waals surface area contributed by atoms with Gasteiger partial charge in [-0.2, -0.15) is 0 Å². The number of nitrogens with zero attached hydrogens (tertiary/aromatic N) is 1. The molecule has 7 N–H and O–H groups in total. The van der Waals surface area contributed by atoms with Gasteiger partial charge < -0.3 is 30.1 Å². The predicted octanol–water partition coefficient (Wildman–Crippen LogP) is 1.21. The molecule has 9 nitrogen and oxygen atoms in total. The van der Waals surface area contributed by atoms with Crippen molar-refractivity contribution in [1.82, 2.24) is 9.97 Å². The van der Waals surface area contributed by atoms with Crippen molar-refractivity contribution in [3.05, 3.63) is 71.8 Å². The molecule has 4 aromatic rings. The van der Waals surface area contributed by atoms with Crippen LogP contribution in [0.15, 0.2) is 65.1 Å². The molecular weight excluding hydrogens is 387 g/mol. The molecule has 0 aliphatic heterocycles. The molecule has 146 valence electrons. The molecule has 10 heteroatoms. The zero-order valence-electron chi connectivity index (χ0n) is 14.3. The number of ketones is 1. The number of aromatic nitrogens is 2. The van der Waals surface area contributed by atoms with E-state index in [4.69, 9.17) is 14.2 Å². The van der Waals surface area contributed by atoms with Crippen molar-refractivity contribution < 1.29 is 34.5 Å². The van der Waals surface area contributed by atoms with Crippen LogP contribution in [0.25, 0.3) is 22.6 Å². The molecule has 0 saturated heterocycles. The quantitative estimate of drug-likeness (QED) is 0.339. The lowest BCUT2D eigenvalue weighted by Gasteiger charge is -2.00. The second-order valence-corrected chi connectivity index (χ2v) is 7.22. The maximum absolute atomic E-state index is 12.5. The highest BCUT2D eigenvalue weighted by Gasteiger charge is 2.23. The van der Waals surface area contributed by atoms with Gasteiger partial charge in [-0.15, -0.1) is 0 Å². The number of benzene rings is 2. The molecule has 0 aliphatic rings. The Morgan fingerprint density at radius 1 is 0.964 bits per heavy atom. The summed E-state index contributed by atoms with van der Waals surface area (Å²) in [5.74, 6) is 0.421. The molecule has 28 heavy (non-hydrogen) atoms. The van der Waals surface area contributed by atoms with Crippen molar-refractivity contribution in [1.29, 1.82) is 0 Å². The van der Waals surface area contributed by atoms with Gasteiger partial charge in [-0.1, -0.05) is 30.3 Å². The molecule has 2 aromatic carbocycles. The summed E-state index contributed by atoms with van der Waals surface area (Å²) in [5.41, 5.74) is 1.90. The molecule has 2 aromatic heterocycles. The maximum Gasteiger partial charge on any atom is 0.391 e. The van der Waals surface area contributed by atoms with Gasteiger partial charge in [0.15, 0.2) is 17.4 Å². The minimum absolute atomic E-state index is 0. The summed E-state index contributed by atoms with van der Waals surface area (Å²) in [6, 6.07) is 16.7. The van der Waals surface area contributed by atoms with Gasteiger partial charge >= 0.3 is 7.60 Å². The van der Waals surface area contributed by atoms with E-state index < -0.39 is 13.1 Å². The first-order chi connectivity index (χ1) is 12.4. The van der Waals surface area contributed by atoms with Gasteiger partial charge in [-0.25, -0.2) is 4.98 Å². The minimum atomic E-state index is -4.46. The summed E-state index contributed by atoms with van der Waals surface area (Å²) in [6.45, 7) is 0. The van der Waals surface area contributed by atoms with Crippen molar-refractivity contribution in [3.8, 4) is 11.6 Å². The lowest BCUT2D eigenvalue weighted by molar-refractivity contribution is 0.103. The first kappa shape index (κ1) is 21.2. The fourth-order valence-electron chi connectivity index (χ4n) is 2.64. The number of nitrogens with one attached hydrogen (secondary N) is 1. The van der Waals surface area contributed by atoms with Crippen LogP contribution in [0.3, 0.4) is 0 Å². The molecule has 0 radical (unpaired) electrons. The van der Waals surface area contributed by atoms with Gasteiger partial charge in [0, 0.05) is 11.1 Å². The normalized spacial score (nSPS) is 10.9. The van der Waals surface area contributed by atoms with Crippen molar-refractivity contribution >= 4 is 29.9 Å². The summed E-state index contributed by atoms with van der Waals surface area (Å²) in [5, 5.41) is 0. The molecule has 0 amide bonds. The van der Waals surface area contributed by atoms with Gasteiger partial charge in [0.2, 0.25) is 5.50 Å². The van der Waals surface area contributed by atoms with Gasteiger partial charge in [-0.3, -0.25) is 9.36 Å². The summed E-state index contributed by atoms with van der Waals surface area (Å²) in [6.07, 6.45) is 0. The number of hydrogen-bond donors (Lipinski definition) is 3. The fraction of sp³-hybridized carbons (Fsp3) is 0. The van der Waals surface area contributed by atoms with E-state index in [1.54, 1.807) is 42.5 Å². The number of hydrogen-bond acceptors (Lipinski definition) is 4. The van der Waals surface area contributed by atoms with Crippen LogP contribution >= 0.6 is 7.60 Å². The fourth-order valence-corrected chi connectivity index (χ4v) is 3.12. The van der Waals surface area contributed by atoms with Crippen LogP contribution in [-0.4, -0.2) is 36.5 Å². The standard InChI is InChI=1S/C18H13N2O5P.2H2O/c21-17(11-4-2-1-3-5-11)12-6-7-13-14(10-12)20-18(19-13)15-8-9-16(25-15)26(22,23)24;;/h1-10H,(H,19,20)(H2,22,23,24);2*1H2. The number of imidazole rings is 1. The average molecular weight is 404 g/mol. The molecule has 0 unspecified atom stereocenters. The highest BCUT2D eigenvalue weighted by atomic mass is 31.2. The lowest BCUT2D eigenvalue weighted by Crippen LogP contribution is -2.00. The van der Waals surface area contributed by atoms with Crippen LogP contribution in [0.2, 0.25) is 0 Å².